The van der Waals surface area contributed by atoms with Crippen molar-refractivity contribution in [3.63, 3.8) is 0 Å². The smallest absolute Gasteiger partial charge is 0.414 e. The maximum Gasteiger partial charge on any atom is 0.414 e. The highest BCUT2D eigenvalue weighted by Crippen LogP contribution is 2.30. The van der Waals surface area contributed by atoms with E-state index < -0.39 is 18.0 Å². The summed E-state index contributed by atoms with van der Waals surface area (Å²) in [5, 5.41) is 10.3. The van der Waals surface area contributed by atoms with Crippen LogP contribution in [0.2, 0.25) is 0 Å². The van der Waals surface area contributed by atoms with Gasteiger partial charge in [-0.25, -0.2) is 9.78 Å². The van der Waals surface area contributed by atoms with Crippen LogP contribution in [0.5, 0.6) is 0 Å². The van der Waals surface area contributed by atoms with Gasteiger partial charge in [0.05, 0.1) is 42.4 Å². The molecular weight excluding hydrogens is 476 g/mol. The van der Waals surface area contributed by atoms with E-state index in [-0.39, 0.29) is 36.9 Å². The SMILES string of the molecule is COC(=O)CCNC(=O)c1cc2nc(-c3ccc(C(=N)N)cc3)n(C)c2cc1N(C)C(=O)OCC(C)C. The first-order valence-corrected chi connectivity index (χ1v) is 11.7. The average molecular weight is 509 g/mol. The van der Waals surface area contributed by atoms with E-state index in [1.165, 1.54) is 19.1 Å². The molecule has 2 aromatic carbocycles. The molecule has 3 rings (SSSR count). The Morgan fingerprint density at radius 2 is 1.86 bits per heavy atom. The number of aromatic nitrogens is 2. The Hall–Kier alpha value is -4.41. The van der Waals surface area contributed by atoms with Crippen LogP contribution in [0.3, 0.4) is 0 Å². The molecule has 0 fully saturated rings. The van der Waals surface area contributed by atoms with E-state index in [2.05, 4.69) is 10.1 Å². The van der Waals surface area contributed by atoms with Gasteiger partial charge in [-0.15, -0.1) is 0 Å². The summed E-state index contributed by atoms with van der Waals surface area (Å²) < 4.78 is 11.9. The highest BCUT2D eigenvalue weighted by atomic mass is 16.6. The molecule has 11 nitrogen and oxygen atoms in total. The molecule has 37 heavy (non-hydrogen) atoms. The van der Waals surface area contributed by atoms with Crippen LogP contribution >= 0.6 is 0 Å². The lowest BCUT2D eigenvalue weighted by Gasteiger charge is -2.21. The predicted octanol–water partition coefficient (Wildman–Crippen LogP) is 3.05. The van der Waals surface area contributed by atoms with Crippen molar-refractivity contribution in [2.45, 2.75) is 20.3 Å². The Balaban J connectivity index is 2.05. The number of nitrogens with one attached hydrogen (secondary N) is 2. The second-order valence-corrected chi connectivity index (χ2v) is 8.96. The lowest BCUT2D eigenvalue weighted by atomic mass is 10.1. The number of hydrogen-bond donors (Lipinski definition) is 3. The van der Waals surface area contributed by atoms with Crippen molar-refractivity contribution in [3.8, 4) is 11.4 Å². The number of carbonyl (C=O) groups is 3. The van der Waals surface area contributed by atoms with Crippen LogP contribution in [0.1, 0.15) is 36.2 Å². The molecule has 0 radical (unpaired) electrons. The summed E-state index contributed by atoms with van der Waals surface area (Å²) >= 11 is 0. The number of nitrogens with zero attached hydrogens (tertiary/aromatic N) is 3. The van der Waals surface area contributed by atoms with Crippen LogP contribution in [-0.4, -0.2) is 60.7 Å². The van der Waals surface area contributed by atoms with Crippen LogP contribution in [-0.2, 0) is 21.3 Å². The first-order valence-electron chi connectivity index (χ1n) is 11.7. The maximum atomic E-state index is 13.1. The third-order valence-corrected chi connectivity index (χ3v) is 5.71. The van der Waals surface area contributed by atoms with E-state index in [4.69, 9.17) is 20.9 Å². The van der Waals surface area contributed by atoms with Gasteiger partial charge in [0.1, 0.15) is 11.7 Å². The topological polar surface area (TPSA) is 153 Å². The molecular formula is C26H32N6O5. The normalized spacial score (nSPS) is 10.9. The first kappa shape index (κ1) is 27.2. The van der Waals surface area contributed by atoms with E-state index in [1.54, 1.807) is 24.3 Å². The lowest BCUT2D eigenvalue weighted by Crippen LogP contribution is -2.32. The number of amides is 2. The fourth-order valence-electron chi connectivity index (χ4n) is 3.65. The number of aryl methyl sites for hydroxylation is 1. The number of nitrogen functional groups attached to an aromatic ring is 1. The number of anilines is 1. The fraction of sp³-hybridized carbons (Fsp3) is 0.346. The van der Waals surface area contributed by atoms with Gasteiger partial charge in [-0.1, -0.05) is 38.1 Å². The zero-order chi connectivity index (χ0) is 27.3. The summed E-state index contributed by atoms with van der Waals surface area (Å²) in [6, 6.07) is 10.4. The summed E-state index contributed by atoms with van der Waals surface area (Å²) in [5.41, 5.74) is 8.72. The maximum absolute atomic E-state index is 13.1. The predicted molar refractivity (Wildman–Crippen MR) is 141 cm³/mol. The number of carbonyl (C=O) groups excluding carboxylic acids is 3. The van der Waals surface area contributed by atoms with E-state index in [0.717, 1.165) is 5.56 Å². The first-order chi connectivity index (χ1) is 17.5. The highest BCUT2D eigenvalue weighted by molar-refractivity contribution is 6.07. The number of amidine groups is 1. The monoisotopic (exact) mass is 508 g/mol. The third-order valence-electron chi connectivity index (χ3n) is 5.71. The Bertz CT molecular complexity index is 1330. The molecule has 3 aromatic rings. The molecule has 4 N–H and O–H groups in total. The largest absolute Gasteiger partial charge is 0.469 e. The number of esters is 1. The average Bonchev–Trinajstić information content (AvgIpc) is 3.21. The lowest BCUT2D eigenvalue weighted by molar-refractivity contribution is -0.140. The van der Waals surface area contributed by atoms with Crippen LogP contribution in [0.4, 0.5) is 10.5 Å². The molecule has 0 saturated heterocycles. The quantitative estimate of drug-likeness (QED) is 0.228. The molecule has 0 bridgehead atoms. The molecule has 196 valence electrons. The highest BCUT2D eigenvalue weighted by Gasteiger charge is 2.23. The van der Waals surface area contributed by atoms with Gasteiger partial charge < -0.3 is 25.1 Å². The van der Waals surface area contributed by atoms with Crippen LogP contribution in [0.25, 0.3) is 22.4 Å². The number of methoxy groups -OCH3 is 1. The van der Waals surface area contributed by atoms with Crippen LogP contribution in [0, 0.1) is 11.3 Å². The molecule has 2 amide bonds. The Morgan fingerprint density at radius 1 is 1.19 bits per heavy atom. The van der Waals surface area contributed by atoms with Crippen molar-refractivity contribution in [2.75, 3.05) is 32.2 Å². The van der Waals surface area contributed by atoms with E-state index in [9.17, 15) is 14.4 Å². The molecule has 0 atom stereocenters. The number of benzene rings is 2. The van der Waals surface area contributed by atoms with Crippen molar-refractivity contribution in [2.24, 2.45) is 18.7 Å². The van der Waals surface area contributed by atoms with Gasteiger partial charge in [-0.05, 0) is 18.1 Å². The van der Waals surface area contributed by atoms with Crippen molar-refractivity contribution in [3.05, 3.63) is 47.5 Å². The zero-order valence-electron chi connectivity index (χ0n) is 21.6. The second kappa shape index (κ2) is 11.5. The van der Waals surface area contributed by atoms with Gasteiger partial charge in [0.25, 0.3) is 5.91 Å². The Morgan fingerprint density at radius 3 is 2.46 bits per heavy atom. The minimum atomic E-state index is -0.598. The molecule has 1 aromatic heterocycles. The molecule has 0 saturated carbocycles. The van der Waals surface area contributed by atoms with Crippen LogP contribution in [0.15, 0.2) is 36.4 Å². The second-order valence-electron chi connectivity index (χ2n) is 8.96. The third kappa shape index (κ3) is 6.24. The molecule has 11 heteroatoms. The van der Waals surface area contributed by atoms with Gasteiger partial charge in [-0.2, -0.15) is 0 Å². The van der Waals surface area contributed by atoms with Gasteiger partial charge in [-0.3, -0.25) is 19.9 Å². The number of imidazole rings is 1. The molecule has 0 unspecified atom stereocenters. The summed E-state index contributed by atoms with van der Waals surface area (Å²) in [6.45, 7) is 4.16. The van der Waals surface area contributed by atoms with Gasteiger partial charge in [0.15, 0.2) is 0 Å². The molecule has 1 heterocycles. The summed E-state index contributed by atoms with van der Waals surface area (Å²) in [5.74, 6) is -0.173. The minimum absolute atomic E-state index is 0.0100. The molecule has 0 spiro atoms. The number of ether oxygens (including phenoxy) is 2. The Kier molecular flexibility index (Phi) is 8.49. The number of fused-ring (bicyclic) bond motifs is 1. The minimum Gasteiger partial charge on any atom is -0.469 e. The van der Waals surface area contributed by atoms with E-state index in [1.807, 2.05) is 37.6 Å². The van der Waals surface area contributed by atoms with Crippen molar-refractivity contribution in [1.29, 1.82) is 5.41 Å². The summed E-state index contributed by atoms with van der Waals surface area (Å²) in [6.07, 6.45) is -0.588. The number of nitrogens with two attached hydrogens (primary N) is 1. The fourth-order valence-corrected chi connectivity index (χ4v) is 3.65. The number of hydrogen-bond acceptors (Lipinski definition) is 7. The molecule has 0 aliphatic carbocycles. The van der Waals surface area contributed by atoms with E-state index in [0.29, 0.717) is 28.1 Å². The molecule has 0 aliphatic heterocycles. The summed E-state index contributed by atoms with van der Waals surface area (Å²) in [7, 11) is 4.65. The van der Waals surface area contributed by atoms with Crippen molar-refractivity contribution in [1.82, 2.24) is 14.9 Å². The van der Waals surface area contributed by atoms with Crippen LogP contribution < -0.4 is 16.0 Å². The number of rotatable bonds is 9. The van der Waals surface area contributed by atoms with Crippen molar-refractivity contribution >= 4 is 40.5 Å². The standard InChI is InChI=1S/C26H32N6O5/c1-15(2)14-37-26(35)32(4)20-13-21-19(12-18(20)25(34)29-11-10-22(33)36-5)30-24(31(21)3)17-8-6-16(7-9-17)23(27)28/h6-9,12-13,15H,10-11,14H2,1-5H3,(H3,27,28)(H,29,34). The Labute approximate surface area is 215 Å². The van der Waals surface area contributed by atoms with Gasteiger partial charge in [0, 0.05) is 31.8 Å². The zero-order valence-corrected chi connectivity index (χ0v) is 21.6. The van der Waals surface area contributed by atoms with Crippen molar-refractivity contribution < 1.29 is 23.9 Å². The van der Waals surface area contributed by atoms with Gasteiger partial charge >= 0.3 is 12.1 Å². The van der Waals surface area contributed by atoms with E-state index >= 15 is 0 Å². The molecule has 0 aliphatic rings. The summed E-state index contributed by atoms with van der Waals surface area (Å²) in [4.78, 5) is 43.3. The van der Waals surface area contributed by atoms with Gasteiger partial charge in [0.2, 0.25) is 0 Å².